The number of benzene rings is 2. The van der Waals surface area contributed by atoms with Crippen molar-refractivity contribution in [2.75, 3.05) is 25.6 Å². The summed E-state index contributed by atoms with van der Waals surface area (Å²) in [5, 5.41) is 0. The van der Waals surface area contributed by atoms with Gasteiger partial charge in [0.15, 0.2) is 17.3 Å². The van der Waals surface area contributed by atoms with Crippen LogP contribution < -0.4 is 15.2 Å². The van der Waals surface area contributed by atoms with E-state index in [0.717, 1.165) is 17.4 Å². The van der Waals surface area contributed by atoms with Gasteiger partial charge in [0.25, 0.3) is 0 Å². The number of carbonyl (C=O) groups excluding carboxylic acids is 1. The molecule has 0 amide bonds. The molecule has 0 spiro atoms. The van der Waals surface area contributed by atoms with Crippen LogP contribution in [0.25, 0.3) is 5.76 Å². The Balaban J connectivity index is 2.13. The van der Waals surface area contributed by atoms with Crippen LogP contribution in [-0.2, 0) is 20.9 Å². The number of aldehydes is 1. The molecule has 0 saturated heterocycles. The Morgan fingerprint density at radius 1 is 1.03 bits per heavy atom. The van der Waals surface area contributed by atoms with Crippen LogP contribution in [-0.4, -0.2) is 26.1 Å². The van der Waals surface area contributed by atoms with Crippen molar-refractivity contribution in [2.24, 2.45) is 0 Å². The molecule has 0 aliphatic carbocycles. The molecule has 33 heavy (non-hydrogen) atoms. The topological polar surface area (TPSA) is 80.0 Å². The van der Waals surface area contributed by atoms with Crippen molar-refractivity contribution in [3.05, 3.63) is 96.3 Å². The molecular formula is C27H29NO5. The molecule has 1 aliphatic heterocycles. The minimum Gasteiger partial charge on any atom is -0.489 e. The van der Waals surface area contributed by atoms with Crippen molar-refractivity contribution < 1.29 is 23.7 Å². The highest BCUT2D eigenvalue weighted by Crippen LogP contribution is 2.45. The highest BCUT2D eigenvalue weighted by Gasteiger charge is 2.33. The molecule has 3 rings (SSSR count). The Bertz CT molecular complexity index is 1090. The monoisotopic (exact) mass is 447 g/mol. The van der Waals surface area contributed by atoms with Crippen molar-refractivity contribution in [3.8, 4) is 11.5 Å². The average Bonchev–Trinajstić information content (AvgIpc) is 2.81. The van der Waals surface area contributed by atoms with E-state index in [9.17, 15) is 4.79 Å². The summed E-state index contributed by atoms with van der Waals surface area (Å²) in [6, 6.07) is 9.27. The maximum atomic E-state index is 12.2. The van der Waals surface area contributed by atoms with E-state index in [4.69, 9.17) is 24.7 Å². The van der Waals surface area contributed by atoms with Gasteiger partial charge in [-0.2, -0.15) is 0 Å². The minimum absolute atomic E-state index is 0.221. The van der Waals surface area contributed by atoms with Gasteiger partial charge >= 0.3 is 0 Å². The van der Waals surface area contributed by atoms with Gasteiger partial charge in [0.2, 0.25) is 0 Å². The molecule has 0 saturated carbocycles. The molecule has 1 heterocycles. The fourth-order valence-electron chi connectivity index (χ4n) is 3.63. The maximum Gasteiger partial charge on any atom is 0.173 e. The lowest BCUT2D eigenvalue weighted by molar-refractivity contribution is -0.109. The average molecular weight is 448 g/mol. The Kier molecular flexibility index (Phi) is 8.11. The summed E-state index contributed by atoms with van der Waals surface area (Å²) in [5.41, 5.74) is 9.82. The van der Waals surface area contributed by atoms with Crippen LogP contribution in [0.15, 0.2) is 74.1 Å². The van der Waals surface area contributed by atoms with Crippen molar-refractivity contribution in [1.82, 2.24) is 0 Å². The minimum atomic E-state index is -0.664. The Hall–Kier alpha value is -3.77. The van der Waals surface area contributed by atoms with E-state index in [2.05, 4.69) is 19.7 Å². The first-order chi connectivity index (χ1) is 16.0. The maximum absolute atomic E-state index is 12.2. The van der Waals surface area contributed by atoms with Crippen LogP contribution in [0, 0.1) is 6.92 Å². The Labute approximate surface area is 194 Å². The first-order valence-corrected chi connectivity index (χ1v) is 10.6. The first kappa shape index (κ1) is 23.9. The normalized spacial score (nSPS) is 14.6. The number of allylic oxidation sites excluding steroid dienone is 1. The van der Waals surface area contributed by atoms with Crippen LogP contribution in [0.2, 0.25) is 0 Å². The van der Waals surface area contributed by atoms with Crippen molar-refractivity contribution in [2.45, 2.75) is 19.4 Å². The van der Waals surface area contributed by atoms with Gasteiger partial charge in [0, 0.05) is 16.7 Å². The standard InChI is InChI=1S/C27H29NO5/c1-5-10-30-17-20-15-19(8-9-24(20)31-11-6-2)25-27(32-12-7-3)22(16-29)21-13-18(4)14-23(28)26(21)33-25/h5-9,13-16,22H,1-3,10-12,17,28H2,4H3. The van der Waals surface area contributed by atoms with Crippen molar-refractivity contribution >= 4 is 17.7 Å². The number of fused-ring (bicyclic) bond motifs is 1. The highest BCUT2D eigenvalue weighted by atomic mass is 16.5. The molecule has 2 N–H and O–H groups in total. The second-order valence-corrected chi connectivity index (χ2v) is 7.51. The molecule has 1 aliphatic rings. The van der Waals surface area contributed by atoms with E-state index < -0.39 is 5.92 Å². The van der Waals surface area contributed by atoms with Crippen molar-refractivity contribution in [3.63, 3.8) is 0 Å². The molecular weight excluding hydrogens is 418 g/mol. The van der Waals surface area contributed by atoms with Gasteiger partial charge in [0.05, 0.1) is 18.9 Å². The van der Waals surface area contributed by atoms with Gasteiger partial charge < -0.3 is 29.5 Å². The molecule has 0 radical (unpaired) electrons. The zero-order valence-electron chi connectivity index (χ0n) is 18.8. The quantitative estimate of drug-likeness (QED) is 0.211. The summed E-state index contributed by atoms with van der Waals surface area (Å²) >= 11 is 0. The summed E-state index contributed by atoms with van der Waals surface area (Å²) in [7, 11) is 0. The lowest BCUT2D eigenvalue weighted by atomic mass is 9.90. The zero-order valence-corrected chi connectivity index (χ0v) is 18.8. The number of anilines is 1. The lowest BCUT2D eigenvalue weighted by Gasteiger charge is -2.29. The van der Waals surface area contributed by atoms with Crippen molar-refractivity contribution in [1.29, 1.82) is 0 Å². The molecule has 0 fully saturated rings. The fraction of sp³-hybridized carbons (Fsp3) is 0.222. The molecule has 0 aromatic heterocycles. The lowest BCUT2D eigenvalue weighted by Crippen LogP contribution is -2.20. The predicted octanol–water partition coefficient (Wildman–Crippen LogP) is 5.09. The number of nitrogens with two attached hydrogens (primary N) is 1. The van der Waals surface area contributed by atoms with Crippen LogP contribution >= 0.6 is 0 Å². The fourth-order valence-corrected chi connectivity index (χ4v) is 3.63. The summed E-state index contributed by atoms with van der Waals surface area (Å²) < 4.78 is 23.7. The summed E-state index contributed by atoms with van der Waals surface area (Å²) in [6.45, 7) is 14.3. The van der Waals surface area contributed by atoms with Crippen LogP contribution in [0.3, 0.4) is 0 Å². The number of hydrogen-bond donors (Lipinski definition) is 1. The summed E-state index contributed by atoms with van der Waals surface area (Å²) in [4.78, 5) is 12.2. The van der Waals surface area contributed by atoms with Gasteiger partial charge in [-0.25, -0.2) is 0 Å². The molecule has 1 atom stereocenters. The number of ether oxygens (including phenoxy) is 4. The van der Waals surface area contributed by atoms with Crippen LogP contribution in [0.5, 0.6) is 11.5 Å². The number of nitrogen functional groups attached to an aromatic ring is 1. The molecule has 6 heteroatoms. The summed E-state index contributed by atoms with van der Waals surface area (Å²) in [5.74, 6) is 1.27. The van der Waals surface area contributed by atoms with E-state index in [1.165, 1.54) is 0 Å². The molecule has 2 aromatic carbocycles. The second kappa shape index (κ2) is 11.2. The Morgan fingerprint density at radius 2 is 1.76 bits per heavy atom. The summed E-state index contributed by atoms with van der Waals surface area (Å²) in [6.07, 6.45) is 5.81. The van der Waals surface area contributed by atoms with E-state index in [-0.39, 0.29) is 6.61 Å². The van der Waals surface area contributed by atoms with Crippen LogP contribution in [0.4, 0.5) is 5.69 Å². The zero-order chi connectivity index (χ0) is 23.8. The van der Waals surface area contributed by atoms with Gasteiger partial charge in [-0.15, -0.1) is 6.58 Å². The molecule has 6 nitrogen and oxygen atoms in total. The third-order valence-corrected chi connectivity index (χ3v) is 5.00. The largest absolute Gasteiger partial charge is 0.489 e. The molecule has 2 aromatic rings. The molecule has 0 bridgehead atoms. The van der Waals surface area contributed by atoms with E-state index >= 15 is 0 Å². The van der Waals surface area contributed by atoms with E-state index in [0.29, 0.717) is 59.7 Å². The van der Waals surface area contributed by atoms with Gasteiger partial charge in [-0.3, -0.25) is 0 Å². The molecule has 172 valence electrons. The first-order valence-electron chi connectivity index (χ1n) is 10.6. The number of carbonyl (C=O) groups is 1. The smallest absolute Gasteiger partial charge is 0.173 e. The number of aryl methyl sites for hydroxylation is 1. The van der Waals surface area contributed by atoms with Gasteiger partial charge in [-0.1, -0.05) is 37.5 Å². The van der Waals surface area contributed by atoms with Crippen LogP contribution in [0.1, 0.15) is 28.2 Å². The Morgan fingerprint density at radius 3 is 2.45 bits per heavy atom. The number of hydrogen-bond acceptors (Lipinski definition) is 6. The third-order valence-electron chi connectivity index (χ3n) is 5.00. The van der Waals surface area contributed by atoms with Gasteiger partial charge in [0.1, 0.15) is 31.2 Å². The highest BCUT2D eigenvalue weighted by molar-refractivity contribution is 5.82. The van der Waals surface area contributed by atoms with E-state index in [1.54, 1.807) is 18.2 Å². The number of rotatable bonds is 12. The third kappa shape index (κ3) is 5.35. The predicted molar refractivity (Wildman–Crippen MR) is 130 cm³/mol. The van der Waals surface area contributed by atoms with Gasteiger partial charge in [-0.05, 0) is 36.8 Å². The molecule has 1 unspecified atom stereocenters. The van der Waals surface area contributed by atoms with E-state index in [1.807, 2.05) is 37.3 Å². The second-order valence-electron chi connectivity index (χ2n) is 7.51. The SMILES string of the molecule is C=CCOCc1cc(C2=C(OCC=C)C(C=O)c3cc(C)cc(N)c3O2)ccc1OCC=C.